The van der Waals surface area contributed by atoms with Crippen LogP contribution in [-0.2, 0) is 0 Å². The van der Waals surface area contributed by atoms with Crippen LogP contribution < -0.4 is 5.32 Å². The van der Waals surface area contributed by atoms with Crippen LogP contribution in [0.5, 0.6) is 0 Å². The maximum absolute atomic E-state index is 3.52. The van der Waals surface area contributed by atoms with Gasteiger partial charge in [-0.3, -0.25) is 0 Å². The van der Waals surface area contributed by atoms with Gasteiger partial charge >= 0.3 is 0 Å². The smallest absolute Gasteiger partial charge is 0.0240 e. The lowest BCUT2D eigenvalue weighted by atomic mass is 9.82. The number of likely N-dealkylation sites (tertiary alicyclic amines) is 2. The SMILES string of the molecule is CNC(CN1CCC2C(CCCN2C)C1)C(C)(C)C. The van der Waals surface area contributed by atoms with E-state index in [0.717, 1.165) is 12.0 Å². The normalized spacial score (nSPS) is 32.1. The van der Waals surface area contributed by atoms with E-state index in [0.29, 0.717) is 11.5 Å². The summed E-state index contributed by atoms with van der Waals surface area (Å²) in [5.41, 5.74) is 0.342. The Balaban J connectivity index is 1.90. The number of hydrogen-bond donors (Lipinski definition) is 1. The molecule has 0 radical (unpaired) electrons. The van der Waals surface area contributed by atoms with Crippen LogP contribution in [0.1, 0.15) is 40.0 Å². The molecule has 0 aromatic carbocycles. The molecule has 3 atom stereocenters. The van der Waals surface area contributed by atoms with Crippen LogP contribution in [0.4, 0.5) is 0 Å². The van der Waals surface area contributed by atoms with E-state index in [9.17, 15) is 0 Å². The van der Waals surface area contributed by atoms with E-state index in [4.69, 9.17) is 0 Å². The van der Waals surface area contributed by atoms with Crippen molar-refractivity contribution >= 4 is 0 Å². The molecule has 1 N–H and O–H groups in total. The second kappa shape index (κ2) is 6.11. The third kappa shape index (κ3) is 3.71. The second-order valence-corrected chi connectivity index (χ2v) is 7.71. The van der Waals surface area contributed by atoms with E-state index in [1.807, 2.05) is 0 Å². The minimum absolute atomic E-state index is 0.342. The van der Waals surface area contributed by atoms with Gasteiger partial charge in [-0.1, -0.05) is 20.8 Å². The molecule has 0 saturated carbocycles. The Kier molecular flexibility index (Phi) is 4.91. The summed E-state index contributed by atoms with van der Waals surface area (Å²) < 4.78 is 0. The second-order valence-electron chi connectivity index (χ2n) is 7.71. The Morgan fingerprint density at radius 1 is 1.21 bits per heavy atom. The number of nitrogens with one attached hydrogen (secondary N) is 1. The van der Waals surface area contributed by atoms with Crippen LogP contribution in [0.15, 0.2) is 0 Å². The number of hydrogen-bond acceptors (Lipinski definition) is 3. The summed E-state index contributed by atoms with van der Waals surface area (Å²) in [5.74, 6) is 0.907. The maximum atomic E-state index is 3.52. The average molecular weight is 267 g/mol. The Bertz CT molecular complexity index is 284. The van der Waals surface area contributed by atoms with E-state index in [1.165, 1.54) is 45.4 Å². The van der Waals surface area contributed by atoms with Crippen LogP contribution in [0.2, 0.25) is 0 Å². The molecule has 2 fully saturated rings. The molecule has 2 rings (SSSR count). The fourth-order valence-corrected chi connectivity index (χ4v) is 3.95. The molecule has 2 aliphatic rings. The predicted octanol–water partition coefficient (Wildman–Crippen LogP) is 2.04. The quantitative estimate of drug-likeness (QED) is 0.844. The summed E-state index contributed by atoms with van der Waals surface area (Å²) in [5, 5.41) is 3.52. The molecule has 0 aliphatic carbocycles. The van der Waals surface area contributed by atoms with Gasteiger partial charge in [0, 0.05) is 25.2 Å². The van der Waals surface area contributed by atoms with Crippen molar-refractivity contribution in [2.75, 3.05) is 40.3 Å². The Labute approximate surface area is 119 Å². The van der Waals surface area contributed by atoms with Crippen LogP contribution in [0.25, 0.3) is 0 Å². The van der Waals surface area contributed by atoms with Gasteiger partial charge in [-0.2, -0.15) is 0 Å². The van der Waals surface area contributed by atoms with Crippen molar-refractivity contribution in [3.05, 3.63) is 0 Å². The number of rotatable bonds is 3. The lowest BCUT2D eigenvalue weighted by molar-refractivity contribution is 0.0291. The molecule has 3 heteroatoms. The van der Waals surface area contributed by atoms with Gasteiger partial charge in [0.1, 0.15) is 0 Å². The summed E-state index contributed by atoms with van der Waals surface area (Å²) in [4.78, 5) is 5.30. The van der Waals surface area contributed by atoms with E-state index in [-0.39, 0.29) is 0 Å². The van der Waals surface area contributed by atoms with Crippen molar-refractivity contribution in [2.45, 2.75) is 52.1 Å². The van der Waals surface area contributed by atoms with Crippen LogP contribution in [0, 0.1) is 11.3 Å². The van der Waals surface area contributed by atoms with E-state index < -0.39 is 0 Å². The first kappa shape index (κ1) is 15.3. The lowest BCUT2D eigenvalue weighted by Gasteiger charge is -2.47. The van der Waals surface area contributed by atoms with Crippen molar-refractivity contribution < 1.29 is 0 Å². The molecule has 0 amide bonds. The molecule has 112 valence electrons. The fourth-order valence-electron chi connectivity index (χ4n) is 3.95. The zero-order chi connectivity index (χ0) is 14.0. The minimum Gasteiger partial charge on any atom is -0.315 e. The van der Waals surface area contributed by atoms with E-state index in [1.54, 1.807) is 0 Å². The van der Waals surface area contributed by atoms with Gasteiger partial charge in [-0.25, -0.2) is 0 Å². The molecule has 3 unspecified atom stereocenters. The highest BCUT2D eigenvalue weighted by Crippen LogP contribution is 2.30. The molecule has 0 spiro atoms. The average Bonchev–Trinajstić information content (AvgIpc) is 2.34. The molecule has 2 heterocycles. The van der Waals surface area contributed by atoms with E-state index in [2.05, 4.69) is 50.0 Å². The van der Waals surface area contributed by atoms with Gasteiger partial charge in [-0.15, -0.1) is 0 Å². The summed E-state index contributed by atoms with van der Waals surface area (Å²) in [6.07, 6.45) is 4.19. The summed E-state index contributed by atoms with van der Waals surface area (Å²) in [7, 11) is 4.43. The van der Waals surface area contributed by atoms with Gasteiger partial charge in [0.25, 0.3) is 0 Å². The lowest BCUT2D eigenvalue weighted by Crippen LogP contribution is -2.56. The summed E-state index contributed by atoms with van der Waals surface area (Å²) >= 11 is 0. The topological polar surface area (TPSA) is 18.5 Å². The van der Waals surface area contributed by atoms with Crippen molar-refractivity contribution in [2.24, 2.45) is 11.3 Å². The molecular weight excluding hydrogens is 234 g/mol. The van der Waals surface area contributed by atoms with Gasteiger partial charge in [0.15, 0.2) is 0 Å². The highest BCUT2D eigenvalue weighted by molar-refractivity contribution is 4.91. The van der Waals surface area contributed by atoms with Crippen LogP contribution in [0.3, 0.4) is 0 Å². The van der Waals surface area contributed by atoms with Gasteiger partial charge < -0.3 is 15.1 Å². The minimum atomic E-state index is 0.342. The van der Waals surface area contributed by atoms with Crippen molar-refractivity contribution in [3.63, 3.8) is 0 Å². The third-order valence-electron chi connectivity index (χ3n) is 5.26. The Morgan fingerprint density at radius 3 is 2.58 bits per heavy atom. The zero-order valence-electron chi connectivity index (χ0n) is 13.6. The maximum Gasteiger partial charge on any atom is 0.0240 e. The Morgan fingerprint density at radius 2 is 1.95 bits per heavy atom. The predicted molar refractivity (Wildman–Crippen MR) is 82.5 cm³/mol. The van der Waals surface area contributed by atoms with Crippen molar-refractivity contribution in [3.8, 4) is 0 Å². The molecule has 2 saturated heterocycles. The molecular formula is C16H33N3. The first-order valence-electron chi connectivity index (χ1n) is 8.01. The summed E-state index contributed by atoms with van der Waals surface area (Å²) in [6, 6.07) is 1.44. The number of likely N-dealkylation sites (N-methyl/N-ethyl adjacent to an activating group) is 1. The van der Waals surface area contributed by atoms with Crippen LogP contribution >= 0.6 is 0 Å². The molecule has 3 nitrogen and oxygen atoms in total. The first-order valence-corrected chi connectivity index (χ1v) is 8.01. The first-order chi connectivity index (χ1) is 8.91. The molecule has 0 bridgehead atoms. The summed E-state index contributed by atoms with van der Waals surface area (Å²) in [6.45, 7) is 12.1. The van der Waals surface area contributed by atoms with Crippen molar-refractivity contribution in [1.29, 1.82) is 0 Å². The van der Waals surface area contributed by atoms with Crippen LogP contribution in [-0.4, -0.2) is 62.2 Å². The van der Waals surface area contributed by atoms with Gasteiger partial charge in [-0.05, 0) is 57.8 Å². The highest BCUT2D eigenvalue weighted by Gasteiger charge is 2.35. The molecule has 0 aromatic rings. The van der Waals surface area contributed by atoms with E-state index >= 15 is 0 Å². The monoisotopic (exact) mass is 267 g/mol. The molecule has 2 aliphatic heterocycles. The fraction of sp³-hybridized carbons (Fsp3) is 1.00. The zero-order valence-corrected chi connectivity index (χ0v) is 13.6. The number of nitrogens with zero attached hydrogens (tertiary/aromatic N) is 2. The number of piperidine rings is 2. The third-order valence-corrected chi connectivity index (χ3v) is 5.26. The Hall–Kier alpha value is -0.120. The number of fused-ring (bicyclic) bond motifs is 1. The highest BCUT2D eigenvalue weighted by atomic mass is 15.2. The van der Waals surface area contributed by atoms with Gasteiger partial charge in [0.2, 0.25) is 0 Å². The van der Waals surface area contributed by atoms with Crippen molar-refractivity contribution in [1.82, 2.24) is 15.1 Å². The molecule has 19 heavy (non-hydrogen) atoms. The molecule has 0 aromatic heterocycles. The standard InChI is InChI=1S/C16H33N3/c1-16(2,3)15(17-4)12-19-10-8-14-13(11-19)7-6-9-18(14)5/h13-15,17H,6-12H2,1-5H3. The largest absolute Gasteiger partial charge is 0.315 e. The van der Waals surface area contributed by atoms with Gasteiger partial charge in [0.05, 0.1) is 0 Å².